The van der Waals surface area contributed by atoms with Gasteiger partial charge in [0, 0.05) is 12.1 Å². The molecular formula is C7H8F3N3. The van der Waals surface area contributed by atoms with Crippen LogP contribution in [0.3, 0.4) is 0 Å². The van der Waals surface area contributed by atoms with E-state index in [1.54, 1.807) is 0 Å². The van der Waals surface area contributed by atoms with Crippen molar-refractivity contribution < 1.29 is 13.2 Å². The number of nitrogen functional groups attached to an aromatic ring is 1. The minimum Gasteiger partial charge on any atom is -0.395 e. The molecule has 0 amide bonds. The summed E-state index contributed by atoms with van der Waals surface area (Å²) in [4.78, 5) is 3.22. The van der Waals surface area contributed by atoms with E-state index >= 15 is 0 Å². The molecule has 0 saturated heterocycles. The number of nitrogens with zero attached hydrogens (tertiary/aromatic N) is 1. The Balaban J connectivity index is 3.25. The van der Waals surface area contributed by atoms with Crippen LogP contribution in [0.1, 0.15) is 17.7 Å². The lowest BCUT2D eigenvalue weighted by molar-refractivity contribution is 0.149. The van der Waals surface area contributed by atoms with E-state index < -0.39 is 23.6 Å². The van der Waals surface area contributed by atoms with Crippen LogP contribution in [-0.4, -0.2) is 4.98 Å². The summed E-state index contributed by atoms with van der Waals surface area (Å²) >= 11 is 0. The first-order valence-corrected chi connectivity index (χ1v) is 3.49. The van der Waals surface area contributed by atoms with Crippen LogP contribution in [-0.2, 0) is 6.54 Å². The third-order valence-electron chi connectivity index (χ3n) is 1.54. The summed E-state index contributed by atoms with van der Waals surface area (Å²) in [5.41, 5.74) is 9.20. The smallest absolute Gasteiger partial charge is 0.265 e. The molecular weight excluding hydrogens is 183 g/mol. The first-order valence-electron chi connectivity index (χ1n) is 3.49. The molecule has 3 nitrogen and oxygen atoms in total. The van der Waals surface area contributed by atoms with E-state index in [-0.39, 0.29) is 12.2 Å². The Kier molecular flexibility index (Phi) is 2.72. The van der Waals surface area contributed by atoms with E-state index in [2.05, 4.69) is 4.98 Å². The van der Waals surface area contributed by atoms with Gasteiger partial charge in [0.15, 0.2) is 0 Å². The molecule has 0 saturated carbocycles. The van der Waals surface area contributed by atoms with Crippen LogP contribution in [0.2, 0.25) is 0 Å². The van der Waals surface area contributed by atoms with Crippen LogP contribution < -0.4 is 11.5 Å². The molecule has 1 aromatic heterocycles. The molecule has 1 heterocycles. The predicted octanol–water partition coefficient (Wildman–Crippen LogP) is 1.20. The quantitative estimate of drug-likeness (QED) is 0.690. The second-order valence-electron chi connectivity index (χ2n) is 2.41. The van der Waals surface area contributed by atoms with Crippen LogP contribution in [0, 0.1) is 5.95 Å². The fourth-order valence-corrected chi connectivity index (χ4v) is 0.910. The molecule has 13 heavy (non-hydrogen) atoms. The summed E-state index contributed by atoms with van der Waals surface area (Å²) in [6, 6.07) is 0.856. The number of alkyl halides is 2. The number of hydrogen-bond donors (Lipinski definition) is 2. The van der Waals surface area contributed by atoms with Crippen LogP contribution in [0.5, 0.6) is 0 Å². The number of anilines is 1. The van der Waals surface area contributed by atoms with Crippen LogP contribution >= 0.6 is 0 Å². The normalized spacial score (nSPS) is 10.8. The van der Waals surface area contributed by atoms with E-state index in [9.17, 15) is 13.2 Å². The zero-order chi connectivity index (χ0) is 10.0. The second-order valence-corrected chi connectivity index (χ2v) is 2.41. The number of hydrogen-bond acceptors (Lipinski definition) is 3. The maximum atomic E-state index is 12.7. The average Bonchev–Trinajstić information content (AvgIpc) is 2.08. The number of nitrogens with two attached hydrogens (primary N) is 2. The van der Waals surface area contributed by atoms with E-state index in [1.165, 1.54) is 0 Å². The first kappa shape index (κ1) is 9.79. The maximum Gasteiger partial charge on any atom is 0.265 e. The van der Waals surface area contributed by atoms with E-state index in [0.717, 1.165) is 6.07 Å². The van der Waals surface area contributed by atoms with Crippen molar-refractivity contribution in [1.82, 2.24) is 4.98 Å². The van der Waals surface area contributed by atoms with Gasteiger partial charge in [-0.2, -0.15) is 4.39 Å². The van der Waals surface area contributed by atoms with Crippen molar-refractivity contribution in [2.24, 2.45) is 5.73 Å². The van der Waals surface area contributed by atoms with E-state index in [0.29, 0.717) is 0 Å². The van der Waals surface area contributed by atoms with Gasteiger partial charge < -0.3 is 11.5 Å². The standard InChI is InChI=1S/C7H8F3N3/c8-6(9)3-1-4(12)7(10)13-5(3)2-11/h1,6H,2,11-12H2. The van der Waals surface area contributed by atoms with Gasteiger partial charge in [0.2, 0.25) is 5.95 Å². The minimum absolute atomic E-state index is 0.165. The molecule has 0 radical (unpaired) electrons. The largest absolute Gasteiger partial charge is 0.395 e. The Labute approximate surface area is 72.6 Å². The lowest BCUT2D eigenvalue weighted by atomic mass is 10.2. The van der Waals surface area contributed by atoms with Crippen molar-refractivity contribution in [1.29, 1.82) is 0 Å². The summed E-state index contributed by atoms with van der Waals surface area (Å²) in [6.45, 7) is -0.239. The SMILES string of the molecule is NCc1nc(F)c(N)cc1C(F)F. The number of aromatic nitrogens is 1. The molecule has 0 unspecified atom stereocenters. The van der Waals surface area contributed by atoms with Crippen molar-refractivity contribution in [3.63, 3.8) is 0 Å². The molecule has 4 N–H and O–H groups in total. The fraction of sp³-hybridized carbons (Fsp3) is 0.286. The number of rotatable bonds is 2. The molecule has 1 rings (SSSR count). The van der Waals surface area contributed by atoms with Gasteiger partial charge in [-0.15, -0.1) is 0 Å². The van der Waals surface area contributed by atoms with Crippen molar-refractivity contribution in [2.75, 3.05) is 5.73 Å². The fourth-order valence-electron chi connectivity index (χ4n) is 0.910. The topological polar surface area (TPSA) is 64.9 Å². The van der Waals surface area contributed by atoms with Gasteiger partial charge in [0.05, 0.1) is 11.4 Å². The molecule has 0 aliphatic rings. The second kappa shape index (κ2) is 3.61. The van der Waals surface area contributed by atoms with Crippen LogP contribution in [0.15, 0.2) is 6.07 Å². The van der Waals surface area contributed by atoms with Crippen molar-refractivity contribution >= 4 is 5.69 Å². The Morgan fingerprint density at radius 3 is 2.54 bits per heavy atom. The van der Waals surface area contributed by atoms with Crippen molar-refractivity contribution in [3.8, 4) is 0 Å². The summed E-state index contributed by atoms with van der Waals surface area (Å²) in [5.74, 6) is -0.968. The minimum atomic E-state index is -2.74. The third kappa shape index (κ3) is 1.89. The Bertz CT molecular complexity index is 314. The summed E-state index contributed by atoms with van der Waals surface area (Å²) < 4.78 is 37.2. The van der Waals surface area contributed by atoms with Crippen molar-refractivity contribution in [3.05, 3.63) is 23.3 Å². The number of pyridine rings is 1. The molecule has 6 heteroatoms. The lowest BCUT2D eigenvalue weighted by Crippen LogP contribution is -2.08. The molecule has 1 aromatic rings. The van der Waals surface area contributed by atoms with Gasteiger partial charge in [-0.3, -0.25) is 0 Å². The van der Waals surface area contributed by atoms with Gasteiger partial charge in [-0.05, 0) is 6.07 Å². The summed E-state index contributed by atoms with van der Waals surface area (Å²) in [7, 11) is 0. The molecule has 0 aliphatic heterocycles. The molecule has 0 bridgehead atoms. The third-order valence-corrected chi connectivity index (χ3v) is 1.54. The average molecular weight is 191 g/mol. The van der Waals surface area contributed by atoms with Gasteiger partial charge >= 0.3 is 0 Å². The highest BCUT2D eigenvalue weighted by molar-refractivity contribution is 5.42. The predicted molar refractivity (Wildman–Crippen MR) is 41.5 cm³/mol. The first-order chi connectivity index (χ1) is 6.06. The van der Waals surface area contributed by atoms with Gasteiger partial charge in [0.25, 0.3) is 6.43 Å². The molecule has 0 fully saturated rings. The lowest BCUT2D eigenvalue weighted by Gasteiger charge is -2.07. The summed E-state index contributed by atoms with van der Waals surface area (Å²) in [5, 5.41) is 0. The Hall–Kier alpha value is -1.30. The van der Waals surface area contributed by atoms with Crippen LogP contribution in [0.25, 0.3) is 0 Å². The monoisotopic (exact) mass is 191 g/mol. The van der Waals surface area contributed by atoms with Gasteiger partial charge in [-0.1, -0.05) is 0 Å². The highest BCUT2D eigenvalue weighted by Crippen LogP contribution is 2.24. The van der Waals surface area contributed by atoms with E-state index in [1.807, 2.05) is 0 Å². The van der Waals surface area contributed by atoms with Gasteiger partial charge in [-0.25, -0.2) is 13.8 Å². The number of halogens is 3. The van der Waals surface area contributed by atoms with Crippen molar-refractivity contribution in [2.45, 2.75) is 13.0 Å². The molecule has 0 aliphatic carbocycles. The molecule has 0 aromatic carbocycles. The highest BCUT2D eigenvalue weighted by atomic mass is 19.3. The molecule has 0 spiro atoms. The van der Waals surface area contributed by atoms with E-state index in [4.69, 9.17) is 11.5 Å². The molecule has 0 atom stereocenters. The zero-order valence-electron chi connectivity index (χ0n) is 6.60. The Morgan fingerprint density at radius 2 is 2.08 bits per heavy atom. The molecule has 72 valence electrons. The Morgan fingerprint density at radius 1 is 1.46 bits per heavy atom. The van der Waals surface area contributed by atoms with Crippen LogP contribution in [0.4, 0.5) is 18.9 Å². The maximum absolute atomic E-state index is 12.7. The van der Waals surface area contributed by atoms with Gasteiger partial charge in [0.1, 0.15) is 0 Å². The highest BCUT2D eigenvalue weighted by Gasteiger charge is 2.16. The summed E-state index contributed by atoms with van der Waals surface area (Å²) in [6.07, 6.45) is -2.74. The zero-order valence-corrected chi connectivity index (χ0v) is 6.60.